The van der Waals surface area contributed by atoms with Gasteiger partial charge in [0.2, 0.25) is 0 Å². The first-order valence-electron chi connectivity index (χ1n) is 7.75. The molecule has 0 aliphatic carbocycles. The van der Waals surface area contributed by atoms with Crippen molar-refractivity contribution in [2.45, 2.75) is 25.1 Å². The molecule has 5 nitrogen and oxygen atoms in total. The zero-order valence-electron chi connectivity index (χ0n) is 13.3. The van der Waals surface area contributed by atoms with E-state index in [1.165, 1.54) is 6.07 Å². The third-order valence-corrected chi connectivity index (χ3v) is 4.41. The summed E-state index contributed by atoms with van der Waals surface area (Å²) in [6.07, 6.45) is -3.74. The summed E-state index contributed by atoms with van der Waals surface area (Å²) in [6, 6.07) is 2.89. The summed E-state index contributed by atoms with van der Waals surface area (Å²) in [5, 5.41) is 2.59. The van der Waals surface area contributed by atoms with Gasteiger partial charge in [0.25, 0.3) is 0 Å². The van der Waals surface area contributed by atoms with Crippen molar-refractivity contribution >= 4 is 11.7 Å². The lowest BCUT2D eigenvalue weighted by molar-refractivity contribution is -0.137. The van der Waals surface area contributed by atoms with Crippen molar-refractivity contribution in [3.05, 3.63) is 29.3 Å². The van der Waals surface area contributed by atoms with E-state index in [0.29, 0.717) is 44.9 Å². The van der Waals surface area contributed by atoms with E-state index < -0.39 is 23.4 Å². The van der Waals surface area contributed by atoms with Gasteiger partial charge in [0.05, 0.1) is 25.3 Å². The van der Waals surface area contributed by atoms with Gasteiger partial charge in [-0.2, -0.15) is 13.2 Å². The van der Waals surface area contributed by atoms with Gasteiger partial charge in [0.1, 0.15) is 5.60 Å². The van der Waals surface area contributed by atoms with Crippen LogP contribution in [0.3, 0.4) is 0 Å². The Labute approximate surface area is 137 Å². The van der Waals surface area contributed by atoms with Crippen molar-refractivity contribution in [1.82, 2.24) is 4.90 Å². The van der Waals surface area contributed by atoms with Crippen LogP contribution in [0.2, 0.25) is 0 Å². The van der Waals surface area contributed by atoms with Crippen LogP contribution in [0.1, 0.15) is 17.5 Å². The van der Waals surface area contributed by atoms with Crippen LogP contribution in [0, 0.1) is 6.92 Å². The Bertz CT molecular complexity index is 627. The van der Waals surface area contributed by atoms with Crippen LogP contribution in [-0.4, -0.2) is 49.4 Å². The molecule has 0 saturated carbocycles. The second-order valence-corrected chi connectivity index (χ2v) is 6.21. The summed E-state index contributed by atoms with van der Waals surface area (Å²) in [7, 11) is 0. The average Bonchev–Trinajstić information content (AvgIpc) is 2.96. The maximum absolute atomic E-state index is 12.8. The van der Waals surface area contributed by atoms with E-state index >= 15 is 0 Å². The lowest BCUT2D eigenvalue weighted by Crippen LogP contribution is -2.55. The molecule has 2 fully saturated rings. The highest BCUT2D eigenvalue weighted by atomic mass is 19.4. The van der Waals surface area contributed by atoms with Crippen LogP contribution in [-0.2, 0) is 15.7 Å². The van der Waals surface area contributed by atoms with Gasteiger partial charge in [-0.3, -0.25) is 0 Å². The van der Waals surface area contributed by atoms with Gasteiger partial charge in [-0.05, 0) is 24.6 Å². The highest BCUT2D eigenvalue weighted by Gasteiger charge is 2.41. The largest absolute Gasteiger partial charge is 0.416 e. The fourth-order valence-corrected chi connectivity index (χ4v) is 2.97. The Hall–Kier alpha value is -1.80. The number of halogens is 3. The molecule has 132 valence electrons. The Morgan fingerprint density at radius 1 is 1.33 bits per heavy atom. The molecule has 2 saturated heterocycles. The maximum atomic E-state index is 12.8. The number of amides is 2. The Morgan fingerprint density at radius 3 is 2.79 bits per heavy atom. The zero-order chi connectivity index (χ0) is 17.4. The van der Waals surface area contributed by atoms with Crippen LogP contribution in [0.4, 0.5) is 23.7 Å². The highest BCUT2D eigenvalue weighted by Crippen LogP contribution is 2.32. The number of morpholine rings is 1. The fraction of sp³-hybridized carbons (Fsp3) is 0.562. The number of anilines is 1. The molecule has 1 unspecified atom stereocenters. The molecule has 24 heavy (non-hydrogen) atoms. The molecule has 1 aromatic carbocycles. The van der Waals surface area contributed by atoms with Crippen LogP contribution in [0.25, 0.3) is 0 Å². The van der Waals surface area contributed by atoms with Crippen molar-refractivity contribution in [2.75, 3.05) is 38.2 Å². The second-order valence-electron chi connectivity index (χ2n) is 6.21. The van der Waals surface area contributed by atoms with Crippen molar-refractivity contribution in [2.24, 2.45) is 0 Å². The first-order chi connectivity index (χ1) is 11.3. The van der Waals surface area contributed by atoms with E-state index in [4.69, 9.17) is 9.47 Å². The second kappa shape index (κ2) is 6.25. The third kappa shape index (κ3) is 3.49. The van der Waals surface area contributed by atoms with E-state index in [2.05, 4.69) is 5.32 Å². The maximum Gasteiger partial charge on any atom is 0.416 e. The number of ether oxygens (including phenoxy) is 2. The van der Waals surface area contributed by atoms with E-state index in [0.717, 1.165) is 12.1 Å². The molecule has 2 amide bonds. The van der Waals surface area contributed by atoms with E-state index in [1.807, 2.05) is 0 Å². The Morgan fingerprint density at radius 2 is 2.12 bits per heavy atom. The molecule has 2 aliphatic heterocycles. The van der Waals surface area contributed by atoms with Gasteiger partial charge in [-0.1, -0.05) is 6.07 Å². The summed E-state index contributed by atoms with van der Waals surface area (Å²) in [6.45, 7) is 3.82. The Balaban J connectivity index is 1.72. The number of nitrogens with zero attached hydrogens (tertiary/aromatic N) is 1. The van der Waals surface area contributed by atoms with Gasteiger partial charge in [0, 0.05) is 25.3 Å². The number of aryl methyl sites for hydroxylation is 1. The smallest absolute Gasteiger partial charge is 0.378 e. The monoisotopic (exact) mass is 344 g/mol. The number of hydrogen-bond acceptors (Lipinski definition) is 3. The van der Waals surface area contributed by atoms with Crippen molar-refractivity contribution in [3.8, 4) is 0 Å². The lowest BCUT2D eigenvalue weighted by atomic mass is 10.0. The van der Waals surface area contributed by atoms with Gasteiger partial charge in [-0.15, -0.1) is 0 Å². The van der Waals surface area contributed by atoms with Gasteiger partial charge >= 0.3 is 12.2 Å². The first kappa shape index (κ1) is 17.0. The predicted octanol–water partition coefficient (Wildman–Crippen LogP) is 3.04. The molecular weight excluding hydrogens is 325 g/mol. The number of nitrogens with one attached hydrogen (secondary N) is 1. The topological polar surface area (TPSA) is 50.8 Å². The third-order valence-electron chi connectivity index (χ3n) is 4.41. The van der Waals surface area contributed by atoms with Crippen LogP contribution >= 0.6 is 0 Å². The van der Waals surface area contributed by atoms with Gasteiger partial charge in [0.15, 0.2) is 0 Å². The molecule has 1 N–H and O–H groups in total. The minimum Gasteiger partial charge on any atom is -0.378 e. The number of urea groups is 1. The summed E-state index contributed by atoms with van der Waals surface area (Å²) >= 11 is 0. The van der Waals surface area contributed by atoms with Crippen LogP contribution in [0.15, 0.2) is 18.2 Å². The number of alkyl halides is 3. The average molecular weight is 344 g/mol. The van der Waals surface area contributed by atoms with E-state index in [1.54, 1.807) is 11.8 Å². The number of carbonyl (C=O) groups excluding carboxylic acids is 1. The number of carbonyl (C=O) groups is 1. The van der Waals surface area contributed by atoms with Gasteiger partial charge < -0.3 is 19.7 Å². The minimum atomic E-state index is -4.45. The standard InChI is InChI=1S/C16H19F3N2O3/c1-11-2-3-12(16(17,18)19)8-13(11)20-14(22)21-5-7-24-15(9-21)4-6-23-10-15/h2-3,8H,4-7,9-10H2,1H3,(H,20,22). The number of benzene rings is 1. The summed E-state index contributed by atoms with van der Waals surface area (Å²) < 4.78 is 49.6. The zero-order valence-corrected chi connectivity index (χ0v) is 13.3. The molecule has 1 atom stereocenters. The Kier molecular flexibility index (Phi) is 4.44. The SMILES string of the molecule is Cc1ccc(C(F)(F)F)cc1NC(=O)N1CCOC2(CCOC2)C1. The summed E-state index contributed by atoms with van der Waals surface area (Å²) in [5.74, 6) is 0. The van der Waals surface area contributed by atoms with Crippen molar-refractivity contribution < 1.29 is 27.4 Å². The fourth-order valence-electron chi connectivity index (χ4n) is 2.97. The molecule has 0 radical (unpaired) electrons. The van der Waals surface area contributed by atoms with Crippen molar-refractivity contribution in [1.29, 1.82) is 0 Å². The van der Waals surface area contributed by atoms with Crippen LogP contribution in [0.5, 0.6) is 0 Å². The normalized spacial score (nSPS) is 24.4. The molecule has 3 rings (SSSR count). The molecule has 2 aliphatic rings. The van der Waals surface area contributed by atoms with E-state index in [-0.39, 0.29) is 5.69 Å². The quantitative estimate of drug-likeness (QED) is 0.852. The lowest BCUT2D eigenvalue weighted by Gasteiger charge is -2.39. The minimum absolute atomic E-state index is 0.165. The van der Waals surface area contributed by atoms with Gasteiger partial charge in [-0.25, -0.2) is 4.79 Å². The molecule has 0 bridgehead atoms. The molecular formula is C16H19F3N2O3. The summed E-state index contributed by atoms with van der Waals surface area (Å²) in [4.78, 5) is 14.0. The number of rotatable bonds is 1. The first-order valence-corrected chi connectivity index (χ1v) is 7.75. The number of hydrogen-bond donors (Lipinski definition) is 1. The summed E-state index contributed by atoms with van der Waals surface area (Å²) in [5.41, 5.74) is -0.536. The molecule has 2 heterocycles. The van der Waals surface area contributed by atoms with Crippen LogP contribution < -0.4 is 5.32 Å². The van der Waals surface area contributed by atoms with E-state index in [9.17, 15) is 18.0 Å². The molecule has 0 aromatic heterocycles. The molecule has 1 aromatic rings. The van der Waals surface area contributed by atoms with Crippen molar-refractivity contribution in [3.63, 3.8) is 0 Å². The molecule has 1 spiro atoms. The predicted molar refractivity (Wildman–Crippen MR) is 80.9 cm³/mol. The highest BCUT2D eigenvalue weighted by molar-refractivity contribution is 5.90. The molecule has 8 heteroatoms.